The lowest BCUT2D eigenvalue weighted by molar-refractivity contribution is 0.108. The van der Waals surface area contributed by atoms with Gasteiger partial charge < -0.3 is 15.0 Å². The van der Waals surface area contributed by atoms with Gasteiger partial charge in [-0.25, -0.2) is 4.98 Å². The number of hydrogen-bond donors (Lipinski definition) is 2. The third-order valence-electron chi connectivity index (χ3n) is 4.63. The summed E-state index contributed by atoms with van der Waals surface area (Å²) in [6.07, 6.45) is 5.02. The topological polar surface area (TPSA) is 50.1 Å². The minimum Gasteiger partial charge on any atom is -0.393 e. The van der Waals surface area contributed by atoms with Crippen molar-refractivity contribution in [3.63, 3.8) is 0 Å². The Morgan fingerprint density at radius 3 is 2.55 bits per heavy atom. The summed E-state index contributed by atoms with van der Waals surface area (Å²) >= 11 is 0. The standard InChI is InChI=1S/C16H27N3O/c1-16(2,3)15-18-13-10-17-9-8-14(13)19(15)11-4-6-12(20)7-5-11/h11-12,17,20H,4-10H2,1-3H3. The van der Waals surface area contributed by atoms with Crippen LogP contribution in [0.25, 0.3) is 0 Å². The van der Waals surface area contributed by atoms with Crippen molar-refractivity contribution >= 4 is 0 Å². The highest BCUT2D eigenvalue weighted by Gasteiger charge is 2.32. The fraction of sp³-hybridized carbons (Fsp3) is 0.812. The molecule has 1 saturated carbocycles. The van der Waals surface area contributed by atoms with E-state index in [1.165, 1.54) is 17.2 Å². The average Bonchev–Trinajstić information content (AvgIpc) is 2.79. The van der Waals surface area contributed by atoms with E-state index in [0.29, 0.717) is 6.04 Å². The van der Waals surface area contributed by atoms with E-state index in [2.05, 4.69) is 30.7 Å². The molecular formula is C16H27N3O. The van der Waals surface area contributed by atoms with Crippen LogP contribution in [0, 0.1) is 0 Å². The maximum Gasteiger partial charge on any atom is 0.114 e. The summed E-state index contributed by atoms with van der Waals surface area (Å²) in [5.41, 5.74) is 2.76. The minimum absolute atomic E-state index is 0.0768. The van der Waals surface area contributed by atoms with Crippen LogP contribution in [0.2, 0.25) is 0 Å². The molecule has 0 radical (unpaired) electrons. The summed E-state index contributed by atoms with van der Waals surface area (Å²) in [5.74, 6) is 1.23. The molecule has 112 valence electrons. The third-order valence-corrected chi connectivity index (χ3v) is 4.63. The summed E-state index contributed by atoms with van der Waals surface area (Å²) in [7, 11) is 0. The number of imidazole rings is 1. The van der Waals surface area contributed by atoms with E-state index in [4.69, 9.17) is 4.98 Å². The van der Waals surface area contributed by atoms with Gasteiger partial charge in [-0.05, 0) is 25.7 Å². The van der Waals surface area contributed by atoms with E-state index in [1.807, 2.05) is 0 Å². The Morgan fingerprint density at radius 2 is 1.90 bits per heavy atom. The van der Waals surface area contributed by atoms with Crippen LogP contribution in [0.3, 0.4) is 0 Å². The summed E-state index contributed by atoms with van der Waals surface area (Å²) in [4.78, 5) is 4.95. The monoisotopic (exact) mass is 277 g/mol. The normalized spacial score (nSPS) is 27.4. The van der Waals surface area contributed by atoms with Gasteiger partial charge in [-0.2, -0.15) is 0 Å². The van der Waals surface area contributed by atoms with Crippen molar-refractivity contribution in [1.82, 2.24) is 14.9 Å². The number of rotatable bonds is 1. The van der Waals surface area contributed by atoms with Crippen molar-refractivity contribution in [2.24, 2.45) is 0 Å². The van der Waals surface area contributed by atoms with E-state index in [1.54, 1.807) is 0 Å². The van der Waals surface area contributed by atoms with Crippen molar-refractivity contribution in [1.29, 1.82) is 0 Å². The van der Waals surface area contributed by atoms with Crippen molar-refractivity contribution in [2.45, 2.75) is 77.0 Å². The molecular weight excluding hydrogens is 250 g/mol. The highest BCUT2D eigenvalue weighted by molar-refractivity contribution is 5.24. The lowest BCUT2D eigenvalue weighted by Gasteiger charge is -2.32. The van der Waals surface area contributed by atoms with Crippen LogP contribution in [0.1, 0.15) is 69.7 Å². The molecule has 2 aliphatic rings. The molecule has 1 aromatic rings. The van der Waals surface area contributed by atoms with Crippen LogP contribution in [-0.2, 0) is 18.4 Å². The zero-order chi connectivity index (χ0) is 14.3. The van der Waals surface area contributed by atoms with E-state index < -0.39 is 0 Å². The fourth-order valence-electron chi connectivity index (χ4n) is 3.57. The molecule has 2 heterocycles. The van der Waals surface area contributed by atoms with Crippen LogP contribution >= 0.6 is 0 Å². The molecule has 3 rings (SSSR count). The number of nitrogens with zero attached hydrogens (tertiary/aromatic N) is 2. The molecule has 0 amide bonds. The van der Waals surface area contributed by atoms with Gasteiger partial charge in [0.15, 0.2) is 0 Å². The predicted molar refractivity (Wildman–Crippen MR) is 79.8 cm³/mol. The maximum atomic E-state index is 9.76. The number of aromatic nitrogens is 2. The van der Waals surface area contributed by atoms with Crippen LogP contribution in [-0.4, -0.2) is 27.3 Å². The molecule has 1 aromatic heterocycles. The van der Waals surface area contributed by atoms with Gasteiger partial charge in [0.05, 0.1) is 11.8 Å². The summed E-state index contributed by atoms with van der Waals surface area (Å²) in [5, 5.41) is 13.2. The molecule has 0 saturated heterocycles. The van der Waals surface area contributed by atoms with Crippen LogP contribution in [0.15, 0.2) is 0 Å². The molecule has 0 atom stereocenters. The molecule has 0 spiro atoms. The molecule has 0 aromatic carbocycles. The zero-order valence-corrected chi connectivity index (χ0v) is 12.9. The summed E-state index contributed by atoms with van der Waals surface area (Å²) in [6, 6.07) is 0.530. The Kier molecular flexibility index (Phi) is 3.63. The maximum absolute atomic E-state index is 9.76. The van der Waals surface area contributed by atoms with Crippen molar-refractivity contribution < 1.29 is 5.11 Å². The van der Waals surface area contributed by atoms with Gasteiger partial charge in [0.2, 0.25) is 0 Å². The molecule has 4 heteroatoms. The summed E-state index contributed by atoms with van der Waals surface area (Å²) in [6.45, 7) is 8.71. The van der Waals surface area contributed by atoms with Gasteiger partial charge in [-0.3, -0.25) is 0 Å². The molecule has 1 aliphatic heterocycles. The fourth-order valence-corrected chi connectivity index (χ4v) is 3.57. The van der Waals surface area contributed by atoms with E-state index in [0.717, 1.165) is 45.2 Å². The second-order valence-electron chi connectivity index (χ2n) is 7.34. The average molecular weight is 277 g/mol. The first-order chi connectivity index (χ1) is 9.47. The predicted octanol–water partition coefficient (Wildman–Crippen LogP) is 2.30. The molecule has 1 aliphatic carbocycles. The van der Waals surface area contributed by atoms with E-state index in [-0.39, 0.29) is 11.5 Å². The molecule has 2 N–H and O–H groups in total. The first-order valence-electron chi connectivity index (χ1n) is 7.96. The molecule has 4 nitrogen and oxygen atoms in total. The van der Waals surface area contributed by atoms with Crippen molar-refractivity contribution in [3.8, 4) is 0 Å². The zero-order valence-electron chi connectivity index (χ0n) is 12.9. The van der Waals surface area contributed by atoms with Crippen molar-refractivity contribution in [2.75, 3.05) is 6.54 Å². The first kappa shape index (κ1) is 14.1. The lowest BCUT2D eigenvalue weighted by atomic mass is 9.90. The number of fused-ring (bicyclic) bond motifs is 1. The summed E-state index contributed by atoms with van der Waals surface area (Å²) < 4.78 is 2.53. The van der Waals surface area contributed by atoms with E-state index >= 15 is 0 Å². The van der Waals surface area contributed by atoms with Crippen LogP contribution < -0.4 is 5.32 Å². The highest BCUT2D eigenvalue weighted by Crippen LogP contribution is 2.36. The van der Waals surface area contributed by atoms with Gasteiger partial charge >= 0.3 is 0 Å². The van der Waals surface area contributed by atoms with Crippen LogP contribution in [0.4, 0.5) is 0 Å². The van der Waals surface area contributed by atoms with Gasteiger partial charge in [0, 0.05) is 36.7 Å². The van der Waals surface area contributed by atoms with Gasteiger partial charge in [-0.1, -0.05) is 20.8 Å². The Bertz CT molecular complexity index is 479. The Balaban J connectivity index is 2.00. The van der Waals surface area contributed by atoms with Gasteiger partial charge in [-0.15, -0.1) is 0 Å². The largest absolute Gasteiger partial charge is 0.393 e. The Hall–Kier alpha value is -0.870. The molecule has 20 heavy (non-hydrogen) atoms. The number of aliphatic hydroxyl groups is 1. The smallest absolute Gasteiger partial charge is 0.114 e. The Morgan fingerprint density at radius 1 is 1.20 bits per heavy atom. The number of hydrogen-bond acceptors (Lipinski definition) is 3. The molecule has 1 fully saturated rings. The molecule has 0 bridgehead atoms. The van der Waals surface area contributed by atoms with Crippen molar-refractivity contribution in [3.05, 3.63) is 17.2 Å². The van der Waals surface area contributed by atoms with Gasteiger partial charge in [0.1, 0.15) is 5.82 Å². The first-order valence-corrected chi connectivity index (χ1v) is 7.96. The minimum atomic E-state index is -0.0923. The lowest BCUT2D eigenvalue weighted by Crippen LogP contribution is -2.29. The Labute approximate surface area is 121 Å². The quantitative estimate of drug-likeness (QED) is 0.828. The third kappa shape index (κ3) is 2.51. The number of nitrogens with one attached hydrogen (secondary N) is 1. The number of aliphatic hydroxyl groups excluding tert-OH is 1. The SMILES string of the molecule is CC(C)(C)c1nc2c(n1C1CCC(O)CC1)CCNC2. The van der Waals surface area contributed by atoms with Crippen LogP contribution in [0.5, 0.6) is 0 Å². The highest BCUT2D eigenvalue weighted by atomic mass is 16.3. The second kappa shape index (κ2) is 5.15. The second-order valence-corrected chi connectivity index (χ2v) is 7.34. The molecule has 0 unspecified atom stereocenters. The van der Waals surface area contributed by atoms with Gasteiger partial charge in [0.25, 0.3) is 0 Å². The van der Waals surface area contributed by atoms with E-state index in [9.17, 15) is 5.11 Å².